The van der Waals surface area contributed by atoms with Gasteiger partial charge in [-0.2, -0.15) is 0 Å². The predicted octanol–water partition coefficient (Wildman–Crippen LogP) is 11.5. The van der Waals surface area contributed by atoms with Gasteiger partial charge in [-0.3, -0.25) is 9.59 Å². The molecule has 0 aromatic heterocycles. The van der Waals surface area contributed by atoms with Gasteiger partial charge in [-0.1, -0.05) is 143 Å². The number of aliphatic carboxylic acids is 1. The molecular weight excluding hydrogens is 1330 g/mol. The van der Waals surface area contributed by atoms with Gasteiger partial charge in [-0.15, -0.1) is 0 Å². The molecule has 290 valence electrons. The summed E-state index contributed by atoms with van der Waals surface area (Å²) < 4.78 is 5.74. The molecule has 0 saturated heterocycles. The number of carbonyl (C=O) groups excluding carboxylic acids is 1. The minimum Gasteiger partial charge on any atom is -0.481 e. The molecule has 4 aliphatic rings. The van der Waals surface area contributed by atoms with Crippen LogP contribution in [0.3, 0.4) is 0 Å². The van der Waals surface area contributed by atoms with Crippen LogP contribution in [0.5, 0.6) is 0 Å². The molecule has 0 aromatic carbocycles. The third-order valence-electron chi connectivity index (χ3n) is 10.3. The van der Waals surface area contributed by atoms with E-state index in [1.54, 1.807) is 0 Å². The van der Waals surface area contributed by atoms with Crippen molar-refractivity contribution in [3.05, 3.63) is 0 Å². The summed E-state index contributed by atoms with van der Waals surface area (Å²) in [5, 5.41) is 8.87. The molecule has 12 heteroatoms. The molecule has 0 heterocycles. The fourth-order valence-electron chi connectivity index (χ4n) is 7.19. The van der Waals surface area contributed by atoms with Gasteiger partial charge in [0.15, 0.2) is 0 Å². The van der Waals surface area contributed by atoms with E-state index >= 15 is 0 Å². The molecule has 0 bridgehead atoms. The van der Waals surface area contributed by atoms with E-state index in [2.05, 4.69) is 20.8 Å². The Labute approximate surface area is 380 Å². The Morgan fingerprint density at radius 1 is 0.600 bits per heavy atom. The number of esters is 1. The van der Waals surface area contributed by atoms with Gasteiger partial charge in [0.1, 0.15) is 6.10 Å². The first-order chi connectivity index (χ1) is 20.9. The van der Waals surface area contributed by atoms with Gasteiger partial charge >= 0.3 is 11.9 Å². The van der Waals surface area contributed by atoms with E-state index < -0.39 is 5.97 Å². The Hall–Kier alpha value is 2.26. The number of carboxylic acid groups (broad SMARTS) is 1. The molecule has 4 fully saturated rings. The number of carboxylic acids is 1. The zero-order chi connectivity index (χ0) is 31.1. The molecule has 0 atom stereocenters. The summed E-state index contributed by atoms with van der Waals surface area (Å²) in [4.78, 5) is 23.0. The summed E-state index contributed by atoms with van der Waals surface area (Å²) in [6.45, 7) is 6.87. The van der Waals surface area contributed by atoms with Crippen molar-refractivity contribution in [2.75, 3.05) is 0 Å². The molecule has 10 radical (unpaired) electrons. The van der Waals surface area contributed by atoms with Crippen molar-refractivity contribution in [1.29, 1.82) is 0 Å². The second-order valence-corrected chi connectivity index (χ2v) is 17.6. The van der Waals surface area contributed by atoms with Crippen molar-refractivity contribution in [2.45, 2.75) is 212 Å². The molecule has 4 nitrogen and oxygen atoms in total. The first-order valence-corrected chi connectivity index (χ1v) is 21.4. The van der Waals surface area contributed by atoms with Crippen molar-refractivity contribution in [3.63, 3.8) is 0 Å². The van der Waals surface area contributed by atoms with Crippen LogP contribution in [0.4, 0.5) is 0 Å². The Kier molecular flexibility index (Phi) is 54.4. The van der Waals surface area contributed by atoms with Gasteiger partial charge in [0.25, 0.3) is 0 Å². The average molecular weight is 1410 g/mol. The number of hydrogen-bond donors (Lipinski definition) is 1. The average Bonchev–Trinajstić information content (AvgIpc) is 3.03. The van der Waals surface area contributed by atoms with Gasteiger partial charge in [-0.25, -0.2) is 0 Å². The van der Waals surface area contributed by atoms with E-state index in [-0.39, 0.29) is 135 Å². The van der Waals surface area contributed by atoms with Crippen LogP contribution in [0, 0.1) is 17.8 Å². The number of hydrogen-bond acceptors (Lipinski definition) is 3. The number of carbonyl (C=O) groups is 2. The quantitative estimate of drug-likeness (QED) is 0.113. The molecule has 50 heavy (non-hydrogen) atoms. The van der Waals surface area contributed by atoms with Crippen molar-refractivity contribution >= 4 is 47.8 Å². The molecule has 0 spiro atoms. The van der Waals surface area contributed by atoms with E-state index in [4.69, 9.17) is 9.84 Å². The van der Waals surface area contributed by atoms with Crippen molar-refractivity contribution < 1.29 is 107 Å². The van der Waals surface area contributed by atoms with Gasteiger partial charge in [0.2, 0.25) is 0 Å². The van der Waals surface area contributed by atoms with Crippen LogP contribution in [0.25, 0.3) is 0 Å². The molecule has 4 saturated carbocycles. The van der Waals surface area contributed by atoms with Crippen LogP contribution in [-0.2, 0) is 98.6 Å². The zero-order valence-corrected chi connectivity index (χ0v) is 45.0. The molecule has 0 aromatic rings. The first-order valence-electron chi connectivity index (χ1n) is 18.8. The van der Waals surface area contributed by atoms with Crippen LogP contribution >= 0.6 is 0 Å². The monoisotopic (exact) mass is 1410 g/mol. The standard InChI is InChI=1S/C18H32O2Si.C12H22O2Si.C7H14.CH4.2B.4W.2H2/c1-2-3-7-14-21-17-12-10-15(11-13-17)18(19)20-16-8-5-4-6-9-16;1-2-3-4-9-15-11-7-5-10(6-8-11)12(13)14;1-7-5-3-2-4-6-7;;;;;;;;;/h15-17H,2-14H2,1H3;10-11H,2-9H2,1H3,(H,13,14);7H,2-6H2,1H3;1H4;;;;;;;2*1H/i;;;;;;;;;;2*1+1. The predicted molar refractivity (Wildman–Crippen MR) is 207 cm³/mol. The summed E-state index contributed by atoms with van der Waals surface area (Å²) in [7, 11) is 2.21. The summed E-state index contributed by atoms with van der Waals surface area (Å²) in [5.74, 6) is 0.747. The molecule has 1 N–H and O–H groups in total. The van der Waals surface area contributed by atoms with Crippen molar-refractivity contribution in [1.82, 2.24) is 0 Å². The summed E-state index contributed by atoms with van der Waals surface area (Å²) in [6, 6.07) is 2.78. The zero-order valence-electron chi connectivity index (χ0n) is 31.3. The smallest absolute Gasteiger partial charge is 0.309 e. The van der Waals surface area contributed by atoms with Gasteiger partial charge in [0.05, 0.1) is 11.8 Å². The molecular formula is C38H76B2O4Si2W4. The fourth-order valence-corrected chi connectivity index (χ4v) is 10.4. The Morgan fingerprint density at radius 3 is 1.32 bits per heavy atom. The molecule has 0 amide bonds. The van der Waals surface area contributed by atoms with E-state index in [1.165, 1.54) is 115 Å². The minimum absolute atomic E-state index is 0. The summed E-state index contributed by atoms with van der Waals surface area (Å²) in [5.41, 5.74) is 1.75. The van der Waals surface area contributed by atoms with Crippen molar-refractivity contribution in [2.24, 2.45) is 17.8 Å². The van der Waals surface area contributed by atoms with Gasteiger partial charge in [0, 0.05) is 123 Å². The van der Waals surface area contributed by atoms with Crippen LogP contribution in [0.15, 0.2) is 0 Å². The molecule has 4 rings (SSSR count). The number of ether oxygens (including phenoxy) is 1. The van der Waals surface area contributed by atoms with Crippen LogP contribution in [0.1, 0.15) is 185 Å². The van der Waals surface area contributed by atoms with Crippen molar-refractivity contribution in [3.8, 4) is 0 Å². The maximum Gasteiger partial charge on any atom is 0.309 e. The van der Waals surface area contributed by atoms with Crippen LogP contribution in [-0.4, -0.2) is 59.0 Å². The fraction of sp³-hybridized carbons (Fsp3) is 0.947. The summed E-state index contributed by atoms with van der Waals surface area (Å²) in [6.07, 6.45) is 30.6. The summed E-state index contributed by atoms with van der Waals surface area (Å²) >= 11 is 0. The minimum atomic E-state index is -0.581. The number of rotatable bonds is 13. The van der Waals surface area contributed by atoms with Gasteiger partial charge < -0.3 is 9.84 Å². The largest absolute Gasteiger partial charge is 0.481 e. The second kappa shape index (κ2) is 42.4. The Balaban J connectivity index is -0.0000000932. The molecule has 0 aliphatic heterocycles. The van der Waals surface area contributed by atoms with E-state index in [1.807, 2.05) is 0 Å². The Morgan fingerprint density at radius 2 is 0.980 bits per heavy atom. The van der Waals surface area contributed by atoms with E-state index in [9.17, 15) is 9.59 Å². The van der Waals surface area contributed by atoms with E-state index in [0.717, 1.165) is 87.4 Å². The van der Waals surface area contributed by atoms with E-state index in [0.29, 0.717) is 0 Å². The third kappa shape index (κ3) is 31.5. The molecule has 0 unspecified atom stereocenters. The first kappa shape index (κ1) is 64.2. The second-order valence-electron chi connectivity index (χ2n) is 14.2. The topological polar surface area (TPSA) is 63.6 Å². The van der Waals surface area contributed by atoms with Crippen LogP contribution < -0.4 is 0 Å². The number of unbranched alkanes of at least 4 members (excludes halogenated alkanes) is 4. The van der Waals surface area contributed by atoms with Gasteiger partial charge in [-0.05, 0) is 68.4 Å². The van der Waals surface area contributed by atoms with Crippen LogP contribution in [0.2, 0.25) is 23.2 Å². The SMILES string of the molecule is C.CC1CCCCC1.CCCCC[Si]C1CCC(C(=O)O)CC1.CCCCC[Si]C1CCC(C(=O)OC2CCCCC2)CC1.[2HH].[2HH].[B].[B].[W].[W].[W].[W]. The normalized spacial score (nSPS) is 23.0. The Bertz CT molecular complexity index is 733. The molecule has 4 aliphatic carbocycles. The maximum atomic E-state index is 12.3. The third-order valence-corrected chi connectivity index (χ3v) is 13.9. The maximum absolute atomic E-state index is 12.3.